The zero-order valence-electron chi connectivity index (χ0n) is 12.4. The molecule has 23 heavy (non-hydrogen) atoms. The molecule has 0 aliphatic carbocycles. The molecule has 1 amide bonds. The van der Waals surface area contributed by atoms with Gasteiger partial charge in [-0.2, -0.15) is 5.26 Å². The maximum absolute atomic E-state index is 12.1. The number of nitro groups is 1. The SMILES string of the molecule is Cc1ccc(O[C@@H](C)C(=O)Nc2sccc2C#N)c([N+](=O)[O-])c1. The standard InChI is InChI=1S/C15H13N3O4S/c1-9-3-4-13(12(7-9)18(20)21)22-10(2)14(19)17-15-11(8-16)5-6-23-15/h3-7,10H,1-2H3,(H,17,19)/t10-/m0/s1. The first-order valence-corrected chi connectivity index (χ1v) is 7.50. The van der Waals surface area contributed by atoms with Crippen molar-refractivity contribution in [1.82, 2.24) is 0 Å². The van der Waals surface area contributed by atoms with E-state index in [9.17, 15) is 14.9 Å². The van der Waals surface area contributed by atoms with Gasteiger partial charge in [0, 0.05) is 6.07 Å². The topological polar surface area (TPSA) is 105 Å². The fraction of sp³-hybridized carbons (Fsp3) is 0.200. The van der Waals surface area contributed by atoms with Gasteiger partial charge < -0.3 is 10.1 Å². The number of hydrogen-bond donors (Lipinski definition) is 1. The number of rotatable bonds is 5. The highest BCUT2D eigenvalue weighted by molar-refractivity contribution is 7.14. The van der Waals surface area contributed by atoms with Crippen molar-refractivity contribution < 1.29 is 14.5 Å². The maximum atomic E-state index is 12.1. The largest absolute Gasteiger partial charge is 0.474 e. The maximum Gasteiger partial charge on any atom is 0.311 e. The molecule has 1 N–H and O–H groups in total. The first-order chi connectivity index (χ1) is 10.9. The van der Waals surface area contributed by atoms with Gasteiger partial charge in [-0.25, -0.2) is 0 Å². The average Bonchev–Trinajstić information content (AvgIpc) is 2.95. The van der Waals surface area contributed by atoms with Crippen LogP contribution >= 0.6 is 11.3 Å². The molecule has 0 aliphatic heterocycles. The number of nitriles is 1. The summed E-state index contributed by atoms with van der Waals surface area (Å²) in [5.74, 6) is -0.464. The van der Waals surface area contributed by atoms with E-state index in [0.29, 0.717) is 10.6 Å². The van der Waals surface area contributed by atoms with Crippen LogP contribution in [-0.4, -0.2) is 16.9 Å². The van der Waals surface area contributed by atoms with E-state index in [4.69, 9.17) is 10.00 Å². The predicted molar refractivity (Wildman–Crippen MR) is 85.6 cm³/mol. The number of anilines is 1. The van der Waals surface area contributed by atoms with Crippen molar-refractivity contribution in [2.75, 3.05) is 5.32 Å². The Morgan fingerprint density at radius 1 is 1.48 bits per heavy atom. The Labute approximate surface area is 136 Å². The fourth-order valence-corrected chi connectivity index (χ4v) is 2.56. The van der Waals surface area contributed by atoms with E-state index in [1.807, 2.05) is 6.07 Å². The molecular weight excluding hydrogens is 318 g/mol. The van der Waals surface area contributed by atoms with Crippen LogP contribution in [0.25, 0.3) is 0 Å². The summed E-state index contributed by atoms with van der Waals surface area (Å²) < 4.78 is 5.41. The third kappa shape index (κ3) is 3.84. The number of thiophene rings is 1. The lowest BCUT2D eigenvalue weighted by molar-refractivity contribution is -0.386. The van der Waals surface area contributed by atoms with Gasteiger partial charge in [0.1, 0.15) is 11.1 Å². The summed E-state index contributed by atoms with van der Waals surface area (Å²) in [5.41, 5.74) is 0.883. The number of aryl methyl sites for hydroxylation is 1. The molecule has 0 radical (unpaired) electrons. The minimum atomic E-state index is -0.954. The molecule has 0 bridgehead atoms. The van der Waals surface area contributed by atoms with Crippen molar-refractivity contribution in [2.24, 2.45) is 0 Å². The summed E-state index contributed by atoms with van der Waals surface area (Å²) in [6.45, 7) is 3.21. The van der Waals surface area contributed by atoms with Gasteiger partial charge in [0.25, 0.3) is 5.91 Å². The highest BCUT2D eigenvalue weighted by atomic mass is 32.1. The first kappa shape index (κ1) is 16.5. The van der Waals surface area contributed by atoms with Gasteiger partial charge in [0.15, 0.2) is 11.9 Å². The Balaban J connectivity index is 2.13. The van der Waals surface area contributed by atoms with E-state index < -0.39 is 16.9 Å². The van der Waals surface area contributed by atoms with Gasteiger partial charge in [-0.05, 0) is 36.9 Å². The second-order valence-electron chi connectivity index (χ2n) is 4.75. The molecule has 0 unspecified atom stereocenters. The van der Waals surface area contributed by atoms with Gasteiger partial charge in [0.2, 0.25) is 0 Å². The highest BCUT2D eigenvalue weighted by Crippen LogP contribution is 2.29. The molecule has 7 nitrogen and oxygen atoms in total. The summed E-state index contributed by atoms with van der Waals surface area (Å²) in [6.07, 6.45) is -0.954. The summed E-state index contributed by atoms with van der Waals surface area (Å²) in [6, 6.07) is 8.07. The lowest BCUT2D eigenvalue weighted by Crippen LogP contribution is -2.30. The molecule has 0 saturated heterocycles. The summed E-state index contributed by atoms with van der Waals surface area (Å²) >= 11 is 1.22. The molecule has 1 heterocycles. The number of amides is 1. The summed E-state index contributed by atoms with van der Waals surface area (Å²) in [5, 5.41) is 24.7. The van der Waals surface area contributed by atoms with E-state index in [1.165, 1.54) is 30.4 Å². The number of ether oxygens (including phenoxy) is 1. The van der Waals surface area contributed by atoms with Crippen LogP contribution in [0.2, 0.25) is 0 Å². The van der Waals surface area contributed by atoms with Crippen LogP contribution in [0.1, 0.15) is 18.1 Å². The van der Waals surface area contributed by atoms with Crippen LogP contribution in [0.15, 0.2) is 29.6 Å². The fourth-order valence-electron chi connectivity index (χ4n) is 1.82. The van der Waals surface area contributed by atoms with Crippen molar-refractivity contribution in [3.8, 4) is 11.8 Å². The molecule has 2 rings (SSSR count). The predicted octanol–water partition coefficient (Wildman–Crippen LogP) is 3.24. The minimum Gasteiger partial charge on any atom is -0.474 e. The van der Waals surface area contributed by atoms with Crippen molar-refractivity contribution in [1.29, 1.82) is 5.26 Å². The first-order valence-electron chi connectivity index (χ1n) is 6.62. The van der Waals surface area contributed by atoms with Gasteiger partial charge in [-0.1, -0.05) is 6.07 Å². The number of nitrogens with zero attached hydrogens (tertiary/aromatic N) is 2. The van der Waals surface area contributed by atoms with Gasteiger partial charge in [0.05, 0.1) is 10.5 Å². The van der Waals surface area contributed by atoms with E-state index in [2.05, 4.69) is 5.32 Å². The molecule has 2 aromatic rings. The van der Waals surface area contributed by atoms with Crippen molar-refractivity contribution in [3.05, 3.63) is 50.9 Å². The van der Waals surface area contributed by atoms with Crippen LogP contribution in [0.4, 0.5) is 10.7 Å². The number of benzene rings is 1. The third-order valence-corrected chi connectivity index (χ3v) is 3.84. The Bertz CT molecular complexity index is 794. The quantitative estimate of drug-likeness (QED) is 0.669. The minimum absolute atomic E-state index is 0.0231. The Morgan fingerprint density at radius 3 is 2.87 bits per heavy atom. The van der Waals surface area contributed by atoms with Crippen LogP contribution in [0, 0.1) is 28.4 Å². The highest BCUT2D eigenvalue weighted by Gasteiger charge is 2.22. The van der Waals surface area contributed by atoms with Crippen molar-refractivity contribution in [2.45, 2.75) is 20.0 Å². The second kappa shape index (κ2) is 6.89. The third-order valence-electron chi connectivity index (χ3n) is 3.01. The van der Waals surface area contributed by atoms with Crippen LogP contribution in [-0.2, 0) is 4.79 Å². The molecule has 0 saturated carbocycles. The Kier molecular flexibility index (Phi) is 4.93. The summed E-state index contributed by atoms with van der Waals surface area (Å²) in [4.78, 5) is 22.6. The molecule has 8 heteroatoms. The Morgan fingerprint density at radius 2 is 2.22 bits per heavy atom. The van der Waals surface area contributed by atoms with Crippen LogP contribution in [0.3, 0.4) is 0 Å². The van der Waals surface area contributed by atoms with Crippen LogP contribution < -0.4 is 10.1 Å². The number of carbonyl (C=O) groups is 1. The Hall–Kier alpha value is -2.92. The average molecular weight is 331 g/mol. The monoisotopic (exact) mass is 331 g/mol. The lowest BCUT2D eigenvalue weighted by atomic mass is 10.2. The van der Waals surface area contributed by atoms with Gasteiger partial charge >= 0.3 is 5.69 Å². The van der Waals surface area contributed by atoms with E-state index in [-0.39, 0.29) is 11.4 Å². The molecular formula is C15H13N3O4S. The van der Waals surface area contributed by atoms with Crippen LogP contribution in [0.5, 0.6) is 5.75 Å². The van der Waals surface area contributed by atoms with Crippen molar-refractivity contribution in [3.63, 3.8) is 0 Å². The molecule has 1 aromatic carbocycles. The lowest BCUT2D eigenvalue weighted by Gasteiger charge is -2.14. The number of nitrogens with one attached hydrogen (secondary N) is 1. The molecule has 1 aromatic heterocycles. The molecule has 1 atom stereocenters. The second-order valence-corrected chi connectivity index (χ2v) is 5.67. The molecule has 118 valence electrons. The zero-order valence-corrected chi connectivity index (χ0v) is 13.2. The van der Waals surface area contributed by atoms with E-state index in [1.54, 1.807) is 24.4 Å². The summed E-state index contributed by atoms with van der Waals surface area (Å²) in [7, 11) is 0. The van der Waals surface area contributed by atoms with E-state index in [0.717, 1.165) is 5.56 Å². The molecule has 0 spiro atoms. The normalized spacial score (nSPS) is 11.3. The van der Waals surface area contributed by atoms with Crippen molar-refractivity contribution >= 4 is 27.9 Å². The van der Waals surface area contributed by atoms with E-state index >= 15 is 0 Å². The molecule has 0 fully saturated rings. The number of nitro benzene ring substituents is 1. The van der Waals surface area contributed by atoms with Gasteiger partial charge in [-0.15, -0.1) is 11.3 Å². The number of carbonyl (C=O) groups excluding carboxylic acids is 1. The molecule has 0 aliphatic rings. The smallest absolute Gasteiger partial charge is 0.311 e. The zero-order chi connectivity index (χ0) is 17.0. The number of hydrogen-bond acceptors (Lipinski definition) is 6. The van der Waals surface area contributed by atoms with Gasteiger partial charge in [-0.3, -0.25) is 14.9 Å².